The van der Waals surface area contributed by atoms with Crippen molar-refractivity contribution in [2.75, 3.05) is 7.11 Å². The molecule has 1 heterocycles. The van der Waals surface area contributed by atoms with Gasteiger partial charge < -0.3 is 10.5 Å². The molecule has 20 heavy (non-hydrogen) atoms. The third-order valence-corrected chi connectivity index (χ3v) is 5.57. The maximum Gasteiger partial charge on any atom is 0.0955 e. The average Bonchev–Trinajstić information content (AvgIpc) is 2.90. The predicted molar refractivity (Wildman–Crippen MR) is 84.1 cm³/mol. The van der Waals surface area contributed by atoms with E-state index in [2.05, 4.69) is 18.2 Å². The molecule has 0 saturated heterocycles. The summed E-state index contributed by atoms with van der Waals surface area (Å²) in [4.78, 5) is 4.70. The van der Waals surface area contributed by atoms with Crippen LogP contribution < -0.4 is 5.73 Å². The molecule has 1 aliphatic carbocycles. The summed E-state index contributed by atoms with van der Waals surface area (Å²) in [6, 6.07) is 8.31. The highest BCUT2D eigenvalue weighted by Gasteiger charge is 2.38. The molecule has 0 bridgehead atoms. The second-order valence-electron chi connectivity index (χ2n) is 5.72. The highest BCUT2D eigenvalue weighted by molar-refractivity contribution is 7.18. The number of hydrogen-bond donors (Lipinski definition) is 1. The zero-order chi connectivity index (χ0) is 14.0. The second-order valence-corrected chi connectivity index (χ2v) is 6.83. The van der Waals surface area contributed by atoms with E-state index in [-0.39, 0.29) is 11.6 Å². The molecule has 0 spiro atoms. The van der Waals surface area contributed by atoms with E-state index in [1.807, 2.05) is 13.2 Å². The number of hydrogen-bond acceptors (Lipinski definition) is 4. The largest absolute Gasteiger partial charge is 0.377 e. The third-order valence-electron chi connectivity index (χ3n) is 4.51. The van der Waals surface area contributed by atoms with Gasteiger partial charge in [-0.1, -0.05) is 31.4 Å². The van der Waals surface area contributed by atoms with Crippen molar-refractivity contribution in [3.63, 3.8) is 0 Å². The van der Waals surface area contributed by atoms with Crippen LogP contribution in [0.15, 0.2) is 24.3 Å². The van der Waals surface area contributed by atoms with Crippen LogP contribution in [0, 0.1) is 0 Å². The first-order chi connectivity index (χ1) is 9.73. The lowest BCUT2D eigenvalue weighted by atomic mass is 9.78. The summed E-state index contributed by atoms with van der Waals surface area (Å²) in [6.07, 6.45) is 6.72. The molecule has 1 aromatic carbocycles. The maximum absolute atomic E-state index is 6.49. The first kappa shape index (κ1) is 14.0. The van der Waals surface area contributed by atoms with Crippen molar-refractivity contribution < 1.29 is 4.74 Å². The van der Waals surface area contributed by atoms with E-state index < -0.39 is 0 Å². The van der Waals surface area contributed by atoms with Crippen LogP contribution in [0.1, 0.15) is 37.1 Å². The number of fused-ring (bicyclic) bond motifs is 1. The fourth-order valence-corrected chi connectivity index (χ4v) is 4.28. The quantitative estimate of drug-likeness (QED) is 0.937. The molecule has 1 atom stereocenters. The molecule has 1 aliphatic rings. The Labute approximate surface area is 124 Å². The van der Waals surface area contributed by atoms with Crippen molar-refractivity contribution in [1.82, 2.24) is 4.98 Å². The minimum absolute atomic E-state index is 0.0355. The molecule has 0 aliphatic heterocycles. The lowest BCUT2D eigenvalue weighted by molar-refractivity contribution is -0.0582. The molecular weight excluding hydrogens is 268 g/mol. The van der Waals surface area contributed by atoms with Gasteiger partial charge in [-0.15, -0.1) is 11.3 Å². The van der Waals surface area contributed by atoms with Crippen molar-refractivity contribution in [3.05, 3.63) is 29.3 Å². The molecule has 0 radical (unpaired) electrons. The first-order valence-corrected chi connectivity index (χ1v) is 8.20. The number of para-hydroxylation sites is 1. The molecule has 1 fully saturated rings. The van der Waals surface area contributed by atoms with Crippen LogP contribution in [0.2, 0.25) is 0 Å². The Bertz CT molecular complexity index is 542. The maximum atomic E-state index is 6.49. The Morgan fingerprint density at radius 1 is 1.30 bits per heavy atom. The highest BCUT2D eigenvalue weighted by Crippen LogP contribution is 2.35. The molecule has 1 saturated carbocycles. The van der Waals surface area contributed by atoms with Gasteiger partial charge in [-0.05, 0) is 25.0 Å². The smallest absolute Gasteiger partial charge is 0.0955 e. The van der Waals surface area contributed by atoms with Gasteiger partial charge in [-0.2, -0.15) is 0 Å². The van der Waals surface area contributed by atoms with Crippen LogP contribution in [-0.4, -0.2) is 23.7 Å². The van der Waals surface area contributed by atoms with E-state index in [1.54, 1.807) is 11.3 Å². The van der Waals surface area contributed by atoms with Gasteiger partial charge in [0, 0.05) is 19.6 Å². The summed E-state index contributed by atoms with van der Waals surface area (Å²) in [5.41, 5.74) is 7.43. The third kappa shape index (κ3) is 2.60. The minimum Gasteiger partial charge on any atom is -0.377 e. The lowest BCUT2D eigenvalue weighted by Gasteiger charge is -2.40. The molecule has 3 rings (SSSR count). The van der Waals surface area contributed by atoms with Gasteiger partial charge in [0.05, 0.1) is 20.8 Å². The Balaban J connectivity index is 1.78. The van der Waals surface area contributed by atoms with Gasteiger partial charge in [0.2, 0.25) is 0 Å². The molecule has 3 nitrogen and oxygen atoms in total. The number of aromatic nitrogens is 1. The fourth-order valence-electron chi connectivity index (χ4n) is 3.26. The van der Waals surface area contributed by atoms with E-state index >= 15 is 0 Å². The van der Waals surface area contributed by atoms with Crippen LogP contribution >= 0.6 is 11.3 Å². The van der Waals surface area contributed by atoms with Gasteiger partial charge in [0.1, 0.15) is 0 Å². The van der Waals surface area contributed by atoms with Gasteiger partial charge in [0.15, 0.2) is 0 Å². The second kappa shape index (κ2) is 5.80. The Morgan fingerprint density at radius 2 is 2.05 bits per heavy atom. The van der Waals surface area contributed by atoms with Crippen LogP contribution in [0.25, 0.3) is 10.2 Å². The zero-order valence-electron chi connectivity index (χ0n) is 12.0. The molecule has 4 heteroatoms. The number of nitrogens with zero attached hydrogens (tertiary/aromatic N) is 1. The van der Waals surface area contributed by atoms with Crippen molar-refractivity contribution in [2.45, 2.75) is 50.2 Å². The van der Waals surface area contributed by atoms with Crippen molar-refractivity contribution in [3.8, 4) is 0 Å². The Morgan fingerprint density at radius 3 is 2.75 bits per heavy atom. The zero-order valence-corrected chi connectivity index (χ0v) is 12.8. The molecule has 0 amide bonds. The van der Waals surface area contributed by atoms with E-state index in [4.69, 9.17) is 15.5 Å². The number of ether oxygens (including phenoxy) is 1. The average molecular weight is 290 g/mol. The molecule has 2 aromatic rings. The lowest BCUT2D eigenvalue weighted by Crippen LogP contribution is -2.51. The van der Waals surface area contributed by atoms with E-state index in [0.29, 0.717) is 0 Å². The molecule has 2 N–H and O–H groups in total. The summed E-state index contributed by atoms with van der Waals surface area (Å²) in [5, 5.41) is 1.13. The number of rotatable bonds is 4. The molecule has 1 aromatic heterocycles. The highest BCUT2D eigenvalue weighted by atomic mass is 32.1. The van der Waals surface area contributed by atoms with Crippen molar-refractivity contribution in [2.24, 2.45) is 5.73 Å². The normalized spacial score (nSPS) is 20.1. The van der Waals surface area contributed by atoms with Crippen LogP contribution in [0.4, 0.5) is 0 Å². The first-order valence-electron chi connectivity index (χ1n) is 7.39. The van der Waals surface area contributed by atoms with E-state index in [0.717, 1.165) is 29.8 Å². The van der Waals surface area contributed by atoms with Crippen molar-refractivity contribution in [1.29, 1.82) is 0 Å². The SMILES string of the molecule is COC1(C(N)Cc2nc3ccccc3s2)CCCCC1. The fraction of sp³-hybridized carbons (Fsp3) is 0.562. The van der Waals surface area contributed by atoms with E-state index in [1.165, 1.54) is 24.0 Å². The van der Waals surface area contributed by atoms with Gasteiger partial charge in [-0.3, -0.25) is 0 Å². The predicted octanol–water partition coefficient (Wildman–Crippen LogP) is 3.52. The van der Waals surface area contributed by atoms with Gasteiger partial charge in [0.25, 0.3) is 0 Å². The number of nitrogens with two attached hydrogens (primary N) is 1. The van der Waals surface area contributed by atoms with Crippen LogP contribution in [-0.2, 0) is 11.2 Å². The van der Waals surface area contributed by atoms with Crippen molar-refractivity contribution >= 4 is 21.6 Å². The summed E-state index contributed by atoms with van der Waals surface area (Å²) < 4.78 is 7.08. The van der Waals surface area contributed by atoms with Gasteiger partial charge in [-0.25, -0.2) is 4.98 Å². The summed E-state index contributed by atoms with van der Waals surface area (Å²) >= 11 is 1.75. The monoisotopic (exact) mass is 290 g/mol. The molecule has 1 unspecified atom stereocenters. The number of benzene rings is 1. The summed E-state index contributed by atoms with van der Waals surface area (Å²) in [5.74, 6) is 0. The van der Waals surface area contributed by atoms with Crippen LogP contribution in [0.5, 0.6) is 0 Å². The summed E-state index contributed by atoms with van der Waals surface area (Å²) in [7, 11) is 1.81. The minimum atomic E-state index is -0.143. The summed E-state index contributed by atoms with van der Waals surface area (Å²) in [6.45, 7) is 0. The van der Waals surface area contributed by atoms with Gasteiger partial charge >= 0.3 is 0 Å². The molecule has 108 valence electrons. The van der Waals surface area contributed by atoms with E-state index in [9.17, 15) is 0 Å². The Kier molecular flexibility index (Phi) is 4.06. The topological polar surface area (TPSA) is 48.1 Å². The Hall–Kier alpha value is -0.970. The van der Waals surface area contributed by atoms with Crippen LogP contribution in [0.3, 0.4) is 0 Å². The number of methoxy groups -OCH3 is 1. The molecular formula is C16H22N2OS. The standard InChI is InChI=1S/C16H22N2OS/c1-19-16(9-5-2-6-10-16)14(17)11-15-18-12-7-3-4-8-13(12)20-15/h3-4,7-8,14H,2,5-6,9-11,17H2,1H3. The number of thiazole rings is 1.